The summed E-state index contributed by atoms with van der Waals surface area (Å²) in [6.45, 7) is 0.463. The Labute approximate surface area is 161 Å². The van der Waals surface area contributed by atoms with Crippen LogP contribution in [0.1, 0.15) is 33.1 Å². The van der Waals surface area contributed by atoms with Gasteiger partial charge in [-0.05, 0) is 47.4 Å². The van der Waals surface area contributed by atoms with Gasteiger partial charge in [0.2, 0.25) is 0 Å². The maximum absolute atomic E-state index is 13.7. The first kappa shape index (κ1) is 17.7. The van der Waals surface area contributed by atoms with E-state index >= 15 is 0 Å². The maximum Gasteiger partial charge on any atom is 0.254 e. The van der Waals surface area contributed by atoms with E-state index in [2.05, 4.69) is 0 Å². The minimum absolute atomic E-state index is 0.116. The molecule has 136 valence electrons. The first-order valence-corrected chi connectivity index (χ1v) is 9.02. The molecule has 2 nitrogen and oxygen atoms in total. The van der Waals surface area contributed by atoms with Gasteiger partial charge >= 0.3 is 0 Å². The zero-order valence-electron chi connectivity index (χ0n) is 14.3. The van der Waals surface area contributed by atoms with Gasteiger partial charge in [-0.2, -0.15) is 0 Å². The van der Waals surface area contributed by atoms with Gasteiger partial charge in [-0.1, -0.05) is 54.1 Å². The minimum atomic E-state index is -1.03. The van der Waals surface area contributed by atoms with Gasteiger partial charge in [0.25, 0.3) is 5.91 Å². The van der Waals surface area contributed by atoms with Crippen molar-refractivity contribution in [3.8, 4) is 0 Å². The number of fused-ring (bicyclic) bond motifs is 1. The molecule has 0 unspecified atom stereocenters. The molecule has 3 aromatic carbocycles. The number of hydrogen-bond acceptors (Lipinski definition) is 1. The summed E-state index contributed by atoms with van der Waals surface area (Å²) in [4.78, 5) is 14.8. The van der Waals surface area contributed by atoms with Crippen molar-refractivity contribution in [1.29, 1.82) is 0 Å². The smallest absolute Gasteiger partial charge is 0.254 e. The monoisotopic (exact) mass is 383 g/mol. The Hall–Kier alpha value is -2.72. The lowest BCUT2D eigenvalue weighted by molar-refractivity contribution is 0.0694. The molecule has 1 atom stereocenters. The lowest BCUT2D eigenvalue weighted by Gasteiger charge is -2.38. The highest BCUT2D eigenvalue weighted by Crippen LogP contribution is 2.38. The third kappa shape index (κ3) is 3.21. The highest BCUT2D eigenvalue weighted by Gasteiger charge is 2.33. The van der Waals surface area contributed by atoms with Crippen LogP contribution in [-0.2, 0) is 6.42 Å². The second kappa shape index (κ2) is 7.12. The summed E-state index contributed by atoms with van der Waals surface area (Å²) in [7, 11) is 0. The van der Waals surface area contributed by atoms with E-state index in [0.717, 1.165) is 28.8 Å². The molecule has 0 saturated heterocycles. The van der Waals surface area contributed by atoms with Gasteiger partial charge in [-0.25, -0.2) is 8.78 Å². The van der Waals surface area contributed by atoms with E-state index in [0.29, 0.717) is 18.0 Å². The standard InChI is InChI=1S/C22H16ClF2NO/c23-18-8-4-3-7-17(18)21-16-6-2-1-5-14(16)11-12-26(21)22(27)15-9-10-19(24)20(25)13-15/h1-10,13,21H,11-12H2/t21-/m0/s1. The third-order valence-electron chi connectivity index (χ3n) is 4.91. The molecule has 0 fully saturated rings. The second-order valence-corrected chi connectivity index (χ2v) is 6.91. The van der Waals surface area contributed by atoms with Crippen LogP contribution in [0.15, 0.2) is 66.7 Å². The molecule has 0 aromatic heterocycles. The highest BCUT2D eigenvalue weighted by molar-refractivity contribution is 6.31. The van der Waals surface area contributed by atoms with E-state index in [1.54, 1.807) is 11.0 Å². The topological polar surface area (TPSA) is 20.3 Å². The first-order valence-electron chi connectivity index (χ1n) is 8.64. The fourth-order valence-corrected chi connectivity index (χ4v) is 3.85. The van der Waals surface area contributed by atoms with Crippen LogP contribution in [0.5, 0.6) is 0 Å². The third-order valence-corrected chi connectivity index (χ3v) is 5.25. The molecular weight excluding hydrogens is 368 g/mol. The number of hydrogen-bond donors (Lipinski definition) is 0. The van der Waals surface area contributed by atoms with Crippen molar-refractivity contribution in [3.63, 3.8) is 0 Å². The summed E-state index contributed by atoms with van der Waals surface area (Å²) in [5.41, 5.74) is 3.07. The Morgan fingerprint density at radius 3 is 2.37 bits per heavy atom. The maximum atomic E-state index is 13.7. The summed E-state index contributed by atoms with van der Waals surface area (Å²) in [6.07, 6.45) is 0.687. The number of halogens is 3. The number of amides is 1. The van der Waals surface area contributed by atoms with E-state index in [9.17, 15) is 13.6 Å². The molecule has 27 heavy (non-hydrogen) atoms. The molecule has 5 heteroatoms. The van der Waals surface area contributed by atoms with Gasteiger partial charge < -0.3 is 4.90 Å². The molecule has 0 bridgehead atoms. The highest BCUT2D eigenvalue weighted by atomic mass is 35.5. The molecular formula is C22H16ClF2NO. The number of carbonyl (C=O) groups is 1. The molecule has 0 N–H and O–H groups in total. The summed E-state index contributed by atoms with van der Waals surface area (Å²) in [5, 5.41) is 0.558. The van der Waals surface area contributed by atoms with E-state index in [1.165, 1.54) is 6.07 Å². The molecule has 0 spiro atoms. The van der Waals surface area contributed by atoms with Crippen molar-refractivity contribution in [2.75, 3.05) is 6.54 Å². The Kier molecular flexibility index (Phi) is 4.66. The molecule has 0 saturated carbocycles. The van der Waals surface area contributed by atoms with Crippen LogP contribution in [0, 0.1) is 11.6 Å². The average molecular weight is 384 g/mol. The predicted molar refractivity (Wildman–Crippen MR) is 101 cm³/mol. The van der Waals surface area contributed by atoms with Crippen LogP contribution in [-0.4, -0.2) is 17.4 Å². The second-order valence-electron chi connectivity index (χ2n) is 6.50. The minimum Gasteiger partial charge on any atom is -0.327 e. The number of benzene rings is 3. The molecule has 4 rings (SSSR count). The summed E-state index contributed by atoms with van der Waals surface area (Å²) in [5.74, 6) is -2.36. The molecule has 1 amide bonds. The van der Waals surface area contributed by atoms with Crippen molar-refractivity contribution in [2.24, 2.45) is 0 Å². The molecule has 1 aliphatic heterocycles. The Morgan fingerprint density at radius 1 is 0.926 bits per heavy atom. The van der Waals surface area contributed by atoms with Crippen molar-refractivity contribution >= 4 is 17.5 Å². The number of carbonyl (C=O) groups excluding carboxylic acids is 1. The van der Waals surface area contributed by atoms with E-state index in [-0.39, 0.29) is 17.5 Å². The molecule has 0 radical (unpaired) electrons. The van der Waals surface area contributed by atoms with Crippen LogP contribution in [0.2, 0.25) is 5.02 Å². The number of rotatable bonds is 2. The normalized spacial score (nSPS) is 16.1. The van der Waals surface area contributed by atoms with Crippen LogP contribution >= 0.6 is 11.6 Å². The zero-order chi connectivity index (χ0) is 19.0. The van der Waals surface area contributed by atoms with Crippen LogP contribution in [0.25, 0.3) is 0 Å². The predicted octanol–water partition coefficient (Wildman–Crippen LogP) is 5.41. The van der Waals surface area contributed by atoms with Gasteiger partial charge in [0.15, 0.2) is 11.6 Å². The first-order chi connectivity index (χ1) is 13.1. The van der Waals surface area contributed by atoms with Crippen molar-refractivity contribution < 1.29 is 13.6 Å². The van der Waals surface area contributed by atoms with Crippen LogP contribution in [0.3, 0.4) is 0 Å². The Morgan fingerprint density at radius 2 is 1.63 bits per heavy atom. The van der Waals surface area contributed by atoms with Crippen LogP contribution < -0.4 is 0 Å². The summed E-state index contributed by atoms with van der Waals surface area (Å²) in [6, 6.07) is 18.1. The zero-order valence-corrected chi connectivity index (χ0v) is 15.1. The van der Waals surface area contributed by atoms with Crippen molar-refractivity contribution in [3.05, 3.63) is 106 Å². The van der Waals surface area contributed by atoms with Gasteiger partial charge in [-0.15, -0.1) is 0 Å². The molecule has 1 heterocycles. The quantitative estimate of drug-likeness (QED) is 0.579. The summed E-state index contributed by atoms with van der Waals surface area (Å²) < 4.78 is 26.9. The van der Waals surface area contributed by atoms with E-state index in [4.69, 9.17) is 11.6 Å². The van der Waals surface area contributed by atoms with Crippen molar-refractivity contribution in [1.82, 2.24) is 4.90 Å². The van der Waals surface area contributed by atoms with E-state index in [1.807, 2.05) is 42.5 Å². The van der Waals surface area contributed by atoms with Gasteiger partial charge in [0, 0.05) is 17.1 Å². The molecule has 1 aliphatic rings. The summed E-state index contributed by atoms with van der Waals surface area (Å²) >= 11 is 6.44. The van der Waals surface area contributed by atoms with Crippen molar-refractivity contribution in [2.45, 2.75) is 12.5 Å². The van der Waals surface area contributed by atoms with Gasteiger partial charge in [0.1, 0.15) is 0 Å². The van der Waals surface area contributed by atoms with E-state index < -0.39 is 11.6 Å². The average Bonchev–Trinajstić information content (AvgIpc) is 2.69. The number of nitrogens with zero attached hydrogens (tertiary/aromatic N) is 1. The fourth-order valence-electron chi connectivity index (χ4n) is 3.61. The SMILES string of the molecule is O=C(c1ccc(F)c(F)c1)N1CCc2ccccc2[C@H]1c1ccccc1Cl. The van der Waals surface area contributed by atoms with Crippen LogP contribution in [0.4, 0.5) is 8.78 Å². The Balaban J connectivity index is 1.82. The van der Waals surface area contributed by atoms with Gasteiger partial charge in [0.05, 0.1) is 6.04 Å². The lowest BCUT2D eigenvalue weighted by atomic mass is 9.87. The Bertz CT molecular complexity index is 1020. The largest absolute Gasteiger partial charge is 0.327 e. The van der Waals surface area contributed by atoms with Gasteiger partial charge in [-0.3, -0.25) is 4.79 Å². The fraction of sp³-hybridized carbons (Fsp3) is 0.136. The molecule has 0 aliphatic carbocycles. The lowest BCUT2D eigenvalue weighted by Crippen LogP contribution is -2.40. The molecule has 3 aromatic rings.